The number of nitrogens with zero attached hydrogens (tertiary/aromatic N) is 1. The van der Waals surface area contributed by atoms with Crippen molar-refractivity contribution in [2.75, 3.05) is 26.2 Å². The summed E-state index contributed by atoms with van der Waals surface area (Å²) in [6.45, 7) is 9.64. The monoisotopic (exact) mass is 206 g/mol. The van der Waals surface area contributed by atoms with Crippen LogP contribution in [0.25, 0.3) is 0 Å². The molecular formula is C12H18N2O. The van der Waals surface area contributed by atoms with Crippen molar-refractivity contribution in [2.45, 2.75) is 13.0 Å². The molecule has 0 aromatic heterocycles. The Morgan fingerprint density at radius 1 is 1.60 bits per heavy atom. The van der Waals surface area contributed by atoms with Gasteiger partial charge < -0.3 is 15.0 Å². The zero-order chi connectivity index (χ0) is 10.7. The highest BCUT2D eigenvalue weighted by molar-refractivity contribution is 5.30. The van der Waals surface area contributed by atoms with Gasteiger partial charge in [0.2, 0.25) is 0 Å². The summed E-state index contributed by atoms with van der Waals surface area (Å²) >= 11 is 0. The standard InChI is InChI=1S/C12H18N2O/c1-3-5-11-12(4-2)15-9-10-8-13-6-7-14(10)11/h3-5,10,13H,1,6-9H2,2H3/b11-5+,12-4+. The van der Waals surface area contributed by atoms with E-state index in [2.05, 4.69) is 16.8 Å². The molecule has 82 valence electrons. The fraction of sp³-hybridized carbons (Fsp3) is 0.500. The second-order valence-electron chi connectivity index (χ2n) is 3.80. The normalized spacial score (nSPS) is 31.3. The number of hydrogen-bond acceptors (Lipinski definition) is 3. The number of hydrogen-bond donors (Lipinski definition) is 1. The van der Waals surface area contributed by atoms with E-state index in [-0.39, 0.29) is 0 Å². The molecular weight excluding hydrogens is 188 g/mol. The number of morpholine rings is 1. The third-order valence-electron chi connectivity index (χ3n) is 2.88. The number of fused-ring (bicyclic) bond motifs is 1. The molecule has 0 aliphatic carbocycles. The third kappa shape index (κ3) is 1.92. The molecule has 2 fully saturated rings. The molecule has 3 heteroatoms. The molecule has 15 heavy (non-hydrogen) atoms. The average molecular weight is 206 g/mol. The van der Waals surface area contributed by atoms with Crippen LogP contribution in [0.5, 0.6) is 0 Å². The van der Waals surface area contributed by atoms with E-state index in [0.29, 0.717) is 6.04 Å². The predicted octanol–water partition coefficient (Wildman–Crippen LogP) is 1.26. The largest absolute Gasteiger partial charge is 0.490 e. The smallest absolute Gasteiger partial charge is 0.138 e. The van der Waals surface area contributed by atoms with E-state index in [1.807, 2.05) is 25.2 Å². The molecule has 1 atom stereocenters. The van der Waals surface area contributed by atoms with E-state index in [1.54, 1.807) is 0 Å². The first-order valence-corrected chi connectivity index (χ1v) is 5.46. The number of nitrogens with one attached hydrogen (secondary N) is 1. The lowest BCUT2D eigenvalue weighted by atomic mass is 10.1. The van der Waals surface area contributed by atoms with Gasteiger partial charge in [-0.05, 0) is 19.1 Å². The molecule has 0 radical (unpaired) electrons. The highest BCUT2D eigenvalue weighted by Gasteiger charge is 2.30. The van der Waals surface area contributed by atoms with E-state index in [1.165, 1.54) is 5.70 Å². The minimum absolute atomic E-state index is 0.466. The van der Waals surface area contributed by atoms with Gasteiger partial charge in [0, 0.05) is 19.6 Å². The van der Waals surface area contributed by atoms with Gasteiger partial charge in [-0.3, -0.25) is 0 Å². The van der Waals surface area contributed by atoms with E-state index in [9.17, 15) is 0 Å². The molecule has 1 N–H and O–H groups in total. The fourth-order valence-corrected chi connectivity index (χ4v) is 2.15. The molecule has 2 aliphatic rings. The van der Waals surface area contributed by atoms with Crippen LogP contribution in [-0.4, -0.2) is 37.2 Å². The van der Waals surface area contributed by atoms with Crippen molar-refractivity contribution in [3.63, 3.8) is 0 Å². The van der Waals surface area contributed by atoms with Crippen LogP contribution in [0.15, 0.2) is 36.3 Å². The Balaban J connectivity index is 2.25. The quantitative estimate of drug-likeness (QED) is 0.699. The summed E-state index contributed by atoms with van der Waals surface area (Å²) in [6.07, 6.45) is 5.88. The Kier molecular flexibility index (Phi) is 3.11. The lowest BCUT2D eigenvalue weighted by molar-refractivity contribution is 0.0587. The van der Waals surface area contributed by atoms with Gasteiger partial charge in [0.1, 0.15) is 12.4 Å². The number of allylic oxidation sites excluding steroid dienone is 3. The van der Waals surface area contributed by atoms with Gasteiger partial charge in [0.05, 0.1) is 11.7 Å². The van der Waals surface area contributed by atoms with Crippen molar-refractivity contribution in [3.8, 4) is 0 Å². The molecule has 0 saturated carbocycles. The fourth-order valence-electron chi connectivity index (χ4n) is 2.15. The van der Waals surface area contributed by atoms with Gasteiger partial charge in [-0.2, -0.15) is 0 Å². The van der Waals surface area contributed by atoms with Crippen molar-refractivity contribution in [2.24, 2.45) is 0 Å². The van der Waals surface area contributed by atoms with E-state index in [0.717, 1.165) is 32.0 Å². The van der Waals surface area contributed by atoms with Crippen LogP contribution in [0.3, 0.4) is 0 Å². The molecule has 0 bridgehead atoms. The zero-order valence-electron chi connectivity index (χ0n) is 9.20. The van der Waals surface area contributed by atoms with Gasteiger partial charge in [-0.1, -0.05) is 12.7 Å². The third-order valence-corrected chi connectivity index (χ3v) is 2.88. The van der Waals surface area contributed by atoms with Crippen LogP contribution in [0, 0.1) is 0 Å². The van der Waals surface area contributed by atoms with Crippen LogP contribution in [0.2, 0.25) is 0 Å². The molecule has 0 amide bonds. The van der Waals surface area contributed by atoms with E-state index >= 15 is 0 Å². The second-order valence-corrected chi connectivity index (χ2v) is 3.80. The summed E-state index contributed by atoms with van der Waals surface area (Å²) in [5.74, 6) is 0.980. The Labute approximate surface area is 91.1 Å². The van der Waals surface area contributed by atoms with Crippen LogP contribution in [0.4, 0.5) is 0 Å². The number of rotatable bonds is 1. The molecule has 2 rings (SSSR count). The topological polar surface area (TPSA) is 24.5 Å². The molecule has 2 aliphatic heterocycles. The summed E-state index contributed by atoms with van der Waals surface area (Å²) in [7, 11) is 0. The first-order chi connectivity index (χ1) is 7.36. The maximum absolute atomic E-state index is 5.73. The van der Waals surface area contributed by atoms with Gasteiger partial charge in [-0.15, -0.1) is 0 Å². The first kappa shape index (κ1) is 10.3. The van der Waals surface area contributed by atoms with E-state index < -0.39 is 0 Å². The van der Waals surface area contributed by atoms with Gasteiger partial charge >= 0.3 is 0 Å². The molecule has 2 saturated heterocycles. The van der Waals surface area contributed by atoms with Crippen LogP contribution in [0.1, 0.15) is 6.92 Å². The predicted molar refractivity (Wildman–Crippen MR) is 61.4 cm³/mol. The number of piperazine rings is 1. The van der Waals surface area contributed by atoms with E-state index in [4.69, 9.17) is 4.74 Å². The van der Waals surface area contributed by atoms with Crippen LogP contribution < -0.4 is 5.32 Å². The second kappa shape index (κ2) is 4.53. The van der Waals surface area contributed by atoms with Gasteiger partial charge in [0.25, 0.3) is 0 Å². The maximum atomic E-state index is 5.73. The highest BCUT2D eigenvalue weighted by Crippen LogP contribution is 2.26. The van der Waals surface area contributed by atoms with Crippen molar-refractivity contribution >= 4 is 0 Å². The first-order valence-electron chi connectivity index (χ1n) is 5.46. The minimum atomic E-state index is 0.466. The van der Waals surface area contributed by atoms with Crippen molar-refractivity contribution in [1.29, 1.82) is 0 Å². The van der Waals surface area contributed by atoms with Gasteiger partial charge in [-0.25, -0.2) is 0 Å². The summed E-state index contributed by atoms with van der Waals surface area (Å²) in [6, 6.07) is 0.466. The lowest BCUT2D eigenvalue weighted by Crippen LogP contribution is -2.55. The Hall–Kier alpha value is -1.22. The lowest BCUT2D eigenvalue weighted by Gasteiger charge is -2.43. The Bertz CT molecular complexity index is 307. The molecule has 0 aromatic rings. The van der Waals surface area contributed by atoms with Crippen molar-refractivity contribution in [3.05, 3.63) is 36.3 Å². The molecule has 1 unspecified atom stereocenters. The summed E-state index contributed by atoms with van der Waals surface area (Å²) in [5.41, 5.74) is 1.17. The van der Waals surface area contributed by atoms with Crippen LogP contribution in [-0.2, 0) is 4.74 Å². The van der Waals surface area contributed by atoms with Crippen LogP contribution >= 0.6 is 0 Å². The summed E-state index contributed by atoms with van der Waals surface area (Å²) in [5, 5.41) is 3.39. The Morgan fingerprint density at radius 2 is 2.47 bits per heavy atom. The average Bonchev–Trinajstić information content (AvgIpc) is 2.30. The maximum Gasteiger partial charge on any atom is 0.138 e. The minimum Gasteiger partial charge on any atom is -0.490 e. The summed E-state index contributed by atoms with van der Waals surface area (Å²) in [4.78, 5) is 2.41. The number of ether oxygens (including phenoxy) is 1. The SMILES string of the molecule is C=C/C=C1\C(=C/C)OCC2CNCCN12. The molecule has 2 heterocycles. The van der Waals surface area contributed by atoms with Crippen molar-refractivity contribution in [1.82, 2.24) is 10.2 Å². The molecule has 3 nitrogen and oxygen atoms in total. The van der Waals surface area contributed by atoms with Gasteiger partial charge in [0.15, 0.2) is 0 Å². The zero-order valence-corrected chi connectivity index (χ0v) is 9.20. The molecule has 0 spiro atoms. The van der Waals surface area contributed by atoms with Crippen molar-refractivity contribution < 1.29 is 4.74 Å². The molecule has 0 aromatic carbocycles. The highest BCUT2D eigenvalue weighted by atomic mass is 16.5. The Morgan fingerprint density at radius 3 is 3.20 bits per heavy atom. The summed E-state index contributed by atoms with van der Waals surface area (Å²) < 4.78 is 5.73.